The molecule has 106 valence electrons. The Balaban J connectivity index is 2.59. The number of hydrogen-bond acceptors (Lipinski definition) is 2. The maximum Gasteiger partial charge on any atom is 0.335 e. The van der Waals surface area contributed by atoms with Gasteiger partial charge in [-0.25, -0.2) is 9.18 Å². The monoisotopic (exact) mass is 267 g/mol. The molecule has 0 amide bonds. The van der Waals surface area contributed by atoms with Gasteiger partial charge in [0.1, 0.15) is 5.82 Å². The van der Waals surface area contributed by atoms with Crippen LogP contribution in [0.25, 0.3) is 0 Å². The minimum atomic E-state index is -1.11. The third kappa shape index (κ3) is 4.89. The van der Waals surface area contributed by atoms with Gasteiger partial charge in [0.05, 0.1) is 11.3 Å². The van der Waals surface area contributed by atoms with Crippen molar-refractivity contribution >= 4 is 11.7 Å². The first-order valence-electron chi connectivity index (χ1n) is 6.85. The summed E-state index contributed by atoms with van der Waals surface area (Å²) in [5, 5.41) is 11.8. The number of nitrogens with one attached hydrogen (secondary N) is 1. The van der Waals surface area contributed by atoms with Crippen LogP contribution in [0.1, 0.15) is 49.9 Å². The van der Waals surface area contributed by atoms with Crippen molar-refractivity contribution < 1.29 is 14.3 Å². The molecule has 3 nitrogen and oxygen atoms in total. The number of carbonyl (C=O) groups is 1. The standard InChI is InChI=1S/C15H22FNO2/c1-3-5-6-11(4-2)10-17-14-8-7-12(15(18)19)9-13(14)16/h7-9,11,17H,3-6,10H2,1-2H3,(H,18,19). The van der Waals surface area contributed by atoms with E-state index in [0.717, 1.165) is 31.9 Å². The number of halogens is 1. The second kappa shape index (κ2) is 7.77. The van der Waals surface area contributed by atoms with Gasteiger partial charge >= 0.3 is 5.97 Å². The molecule has 0 fully saturated rings. The van der Waals surface area contributed by atoms with Crippen molar-refractivity contribution in [3.8, 4) is 0 Å². The average Bonchev–Trinajstić information content (AvgIpc) is 2.40. The largest absolute Gasteiger partial charge is 0.478 e. The maximum atomic E-state index is 13.7. The first kappa shape index (κ1) is 15.5. The molecular weight excluding hydrogens is 245 g/mol. The Labute approximate surface area is 113 Å². The molecule has 0 radical (unpaired) electrons. The number of aromatic carboxylic acids is 1. The van der Waals surface area contributed by atoms with Gasteiger partial charge in [-0.15, -0.1) is 0 Å². The summed E-state index contributed by atoms with van der Waals surface area (Å²) in [6.07, 6.45) is 4.54. The predicted molar refractivity (Wildman–Crippen MR) is 75.2 cm³/mol. The van der Waals surface area contributed by atoms with Gasteiger partial charge in [-0.05, 0) is 30.5 Å². The predicted octanol–water partition coefficient (Wildman–Crippen LogP) is 4.15. The molecule has 2 N–H and O–H groups in total. The minimum Gasteiger partial charge on any atom is -0.478 e. The molecular formula is C15H22FNO2. The van der Waals surface area contributed by atoms with Gasteiger partial charge in [-0.3, -0.25) is 0 Å². The van der Waals surface area contributed by atoms with E-state index < -0.39 is 11.8 Å². The van der Waals surface area contributed by atoms with Gasteiger partial charge in [0.25, 0.3) is 0 Å². The van der Waals surface area contributed by atoms with Gasteiger partial charge < -0.3 is 10.4 Å². The number of rotatable bonds is 8. The third-order valence-electron chi connectivity index (χ3n) is 3.34. The van der Waals surface area contributed by atoms with E-state index >= 15 is 0 Å². The Morgan fingerprint density at radius 3 is 2.68 bits per heavy atom. The van der Waals surface area contributed by atoms with Crippen LogP contribution in [0.3, 0.4) is 0 Å². The number of anilines is 1. The van der Waals surface area contributed by atoms with E-state index in [1.165, 1.54) is 18.6 Å². The highest BCUT2D eigenvalue weighted by atomic mass is 19.1. The molecule has 4 heteroatoms. The summed E-state index contributed by atoms with van der Waals surface area (Å²) in [5.41, 5.74) is 0.348. The molecule has 1 aromatic carbocycles. The Morgan fingerprint density at radius 1 is 1.42 bits per heavy atom. The van der Waals surface area contributed by atoms with E-state index in [1.807, 2.05) is 0 Å². The summed E-state index contributed by atoms with van der Waals surface area (Å²) in [4.78, 5) is 10.7. The fourth-order valence-electron chi connectivity index (χ4n) is 1.99. The number of carboxylic acid groups (broad SMARTS) is 1. The number of benzene rings is 1. The van der Waals surface area contributed by atoms with Crippen LogP contribution in [-0.2, 0) is 0 Å². The minimum absolute atomic E-state index is 0.0268. The van der Waals surface area contributed by atoms with Gasteiger partial charge in [-0.2, -0.15) is 0 Å². The quantitative estimate of drug-likeness (QED) is 0.743. The molecule has 0 spiro atoms. The van der Waals surface area contributed by atoms with E-state index in [-0.39, 0.29) is 5.56 Å². The third-order valence-corrected chi connectivity index (χ3v) is 3.34. The Morgan fingerprint density at radius 2 is 2.16 bits per heavy atom. The lowest BCUT2D eigenvalue weighted by Gasteiger charge is -2.16. The van der Waals surface area contributed by atoms with Crippen molar-refractivity contribution in [2.24, 2.45) is 5.92 Å². The highest BCUT2D eigenvalue weighted by molar-refractivity contribution is 5.88. The molecule has 0 aliphatic heterocycles. The zero-order valence-corrected chi connectivity index (χ0v) is 11.6. The SMILES string of the molecule is CCCCC(CC)CNc1ccc(C(=O)O)cc1F. The van der Waals surface area contributed by atoms with Crippen LogP contribution < -0.4 is 5.32 Å². The van der Waals surface area contributed by atoms with Crippen LogP contribution in [0.15, 0.2) is 18.2 Å². The van der Waals surface area contributed by atoms with Crippen LogP contribution in [-0.4, -0.2) is 17.6 Å². The molecule has 0 aliphatic rings. The smallest absolute Gasteiger partial charge is 0.335 e. The topological polar surface area (TPSA) is 49.3 Å². The van der Waals surface area contributed by atoms with Crippen LogP contribution in [0, 0.1) is 11.7 Å². The summed E-state index contributed by atoms with van der Waals surface area (Å²) in [7, 11) is 0. The summed E-state index contributed by atoms with van der Waals surface area (Å²) in [5.74, 6) is -1.09. The van der Waals surface area contributed by atoms with E-state index in [1.54, 1.807) is 0 Å². The van der Waals surface area contributed by atoms with Crippen molar-refractivity contribution in [3.63, 3.8) is 0 Å². The van der Waals surface area contributed by atoms with E-state index in [9.17, 15) is 9.18 Å². The molecule has 0 saturated heterocycles. The summed E-state index contributed by atoms with van der Waals surface area (Å²) in [6, 6.07) is 3.96. The average molecular weight is 267 g/mol. The van der Waals surface area contributed by atoms with Gasteiger partial charge in [0.2, 0.25) is 0 Å². The Kier molecular flexibility index (Phi) is 6.33. The van der Waals surface area contributed by atoms with Crippen molar-refractivity contribution in [1.82, 2.24) is 0 Å². The summed E-state index contributed by atoms with van der Waals surface area (Å²) in [6.45, 7) is 5.01. The number of carboxylic acids is 1. The Bertz CT molecular complexity index is 421. The molecule has 19 heavy (non-hydrogen) atoms. The molecule has 1 aromatic rings. The lowest BCUT2D eigenvalue weighted by molar-refractivity contribution is 0.0696. The molecule has 0 bridgehead atoms. The fourth-order valence-corrected chi connectivity index (χ4v) is 1.99. The number of unbranched alkanes of at least 4 members (excludes halogenated alkanes) is 1. The number of hydrogen-bond donors (Lipinski definition) is 2. The van der Waals surface area contributed by atoms with Crippen molar-refractivity contribution in [2.45, 2.75) is 39.5 Å². The zero-order chi connectivity index (χ0) is 14.3. The van der Waals surface area contributed by atoms with E-state index in [0.29, 0.717) is 11.6 Å². The van der Waals surface area contributed by atoms with Crippen LogP contribution in [0.5, 0.6) is 0 Å². The highest BCUT2D eigenvalue weighted by Gasteiger charge is 2.10. The first-order valence-corrected chi connectivity index (χ1v) is 6.85. The Hall–Kier alpha value is -1.58. The van der Waals surface area contributed by atoms with Crippen LogP contribution in [0.4, 0.5) is 10.1 Å². The molecule has 1 rings (SSSR count). The summed E-state index contributed by atoms with van der Waals surface area (Å²) < 4.78 is 13.7. The van der Waals surface area contributed by atoms with Crippen LogP contribution in [0.2, 0.25) is 0 Å². The molecule has 0 aromatic heterocycles. The van der Waals surface area contributed by atoms with Crippen LogP contribution >= 0.6 is 0 Å². The molecule has 0 saturated carbocycles. The summed E-state index contributed by atoms with van der Waals surface area (Å²) >= 11 is 0. The lowest BCUT2D eigenvalue weighted by Crippen LogP contribution is -2.14. The maximum absolute atomic E-state index is 13.7. The second-order valence-corrected chi connectivity index (χ2v) is 4.80. The van der Waals surface area contributed by atoms with Gasteiger partial charge in [0, 0.05) is 6.54 Å². The molecule has 0 aliphatic carbocycles. The molecule has 0 heterocycles. The van der Waals surface area contributed by atoms with Crippen molar-refractivity contribution in [2.75, 3.05) is 11.9 Å². The fraction of sp³-hybridized carbons (Fsp3) is 0.533. The van der Waals surface area contributed by atoms with Gasteiger partial charge in [0.15, 0.2) is 0 Å². The normalized spacial score (nSPS) is 12.2. The van der Waals surface area contributed by atoms with Crippen molar-refractivity contribution in [1.29, 1.82) is 0 Å². The second-order valence-electron chi connectivity index (χ2n) is 4.80. The van der Waals surface area contributed by atoms with E-state index in [4.69, 9.17) is 5.11 Å². The molecule has 1 atom stereocenters. The van der Waals surface area contributed by atoms with E-state index in [2.05, 4.69) is 19.2 Å². The first-order chi connectivity index (χ1) is 9.08. The van der Waals surface area contributed by atoms with Gasteiger partial charge in [-0.1, -0.05) is 33.1 Å². The zero-order valence-electron chi connectivity index (χ0n) is 11.6. The lowest BCUT2D eigenvalue weighted by atomic mass is 9.99. The molecule has 1 unspecified atom stereocenters. The highest BCUT2D eigenvalue weighted by Crippen LogP contribution is 2.18. The van der Waals surface area contributed by atoms with Crippen molar-refractivity contribution in [3.05, 3.63) is 29.6 Å².